The molecule has 0 heteroatoms. The van der Waals surface area contributed by atoms with Crippen LogP contribution in [0, 0.1) is 29.1 Å². The molecular formula is C27H40. The summed E-state index contributed by atoms with van der Waals surface area (Å²) in [5.41, 5.74) is 5.21. The molecular weight excluding hydrogens is 324 g/mol. The van der Waals surface area contributed by atoms with Gasteiger partial charge in [0.15, 0.2) is 0 Å². The van der Waals surface area contributed by atoms with Gasteiger partial charge < -0.3 is 0 Å². The van der Waals surface area contributed by atoms with Crippen LogP contribution in [0.15, 0.2) is 47.6 Å². The Balaban J connectivity index is 1.46. The van der Waals surface area contributed by atoms with Crippen LogP contribution in [0.4, 0.5) is 0 Å². The van der Waals surface area contributed by atoms with Crippen molar-refractivity contribution < 1.29 is 0 Å². The molecule has 4 rings (SSSR count). The monoisotopic (exact) mass is 364 g/mol. The van der Waals surface area contributed by atoms with Crippen molar-refractivity contribution >= 4 is 0 Å². The number of rotatable bonds is 5. The molecule has 3 unspecified atom stereocenters. The second-order valence-corrected chi connectivity index (χ2v) is 10.3. The van der Waals surface area contributed by atoms with Crippen molar-refractivity contribution in [3.8, 4) is 0 Å². The van der Waals surface area contributed by atoms with Gasteiger partial charge in [-0.2, -0.15) is 0 Å². The lowest BCUT2D eigenvalue weighted by molar-refractivity contribution is 0.112. The van der Waals surface area contributed by atoms with Crippen LogP contribution in [0.3, 0.4) is 0 Å². The van der Waals surface area contributed by atoms with Gasteiger partial charge >= 0.3 is 0 Å². The van der Waals surface area contributed by atoms with Gasteiger partial charge in [0.25, 0.3) is 0 Å². The maximum atomic E-state index is 4.31. The van der Waals surface area contributed by atoms with E-state index in [1.165, 1.54) is 88.2 Å². The van der Waals surface area contributed by atoms with E-state index in [4.69, 9.17) is 0 Å². The summed E-state index contributed by atoms with van der Waals surface area (Å²) in [6.45, 7) is 9.43. The normalized spacial score (nSPS) is 38.7. The van der Waals surface area contributed by atoms with E-state index in [2.05, 4.69) is 44.7 Å². The van der Waals surface area contributed by atoms with Crippen molar-refractivity contribution in [2.24, 2.45) is 29.1 Å². The van der Waals surface area contributed by atoms with Crippen LogP contribution in [0.2, 0.25) is 0 Å². The Morgan fingerprint density at radius 2 is 1.85 bits per heavy atom. The molecule has 4 saturated carbocycles. The average molecular weight is 365 g/mol. The smallest absolute Gasteiger partial charge is 0.0143 e. The predicted octanol–water partition coefficient (Wildman–Crippen LogP) is 8.18. The lowest BCUT2D eigenvalue weighted by Gasteiger charge is -2.44. The fraction of sp³-hybridized carbons (Fsp3) is 0.704. The average Bonchev–Trinajstić information content (AvgIpc) is 3.40. The van der Waals surface area contributed by atoms with E-state index in [0.29, 0.717) is 5.41 Å². The van der Waals surface area contributed by atoms with Gasteiger partial charge in [0, 0.05) is 0 Å². The first-order valence-electron chi connectivity index (χ1n) is 11.8. The number of hydrogen-bond donors (Lipinski definition) is 0. The maximum absolute atomic E-state index is 4.31. The van der Waals surface area contributed by atoms with Crippen LogP contribution in [0.5, 0.6) is 0 Å². The fourth-order valence-electron chi connectivity index (χ4n) is 6.52. The van der Waals surface area contributed by atoms with E-state index >= 15 is 0 Å². The van der Waals surface area contributed by atoms with Crippen LogP contribution in [0.1, 0.15) is 90.9 Å². The third-order valence-electron chi connectivity index (χ3n) is 8.41. The van der Waals surface area contributed by atoms with Crippen LogP contribution in [-0.4, -0.2) is 0 Å². The first-order chi connectivity index (χ1) is 13.1. The quantitative estimate of drug-likeness (QED) is 0.431. The maximum Gasteiger partial charge on any atom is -0.0143 e. The van der Waals surface area contributed by atoms with Gasteiger partial charge in [-0.1, -0.05) is 55.9 Å². The highest BCUT2D eigenvalue weighted by Gasteiger charge is 2.50. The highest BCUT2D eigenvalue weighted by molar-refractivity contribution is 5.35. The van der Waals surface area contributed by atoms with Crippen LogP contribution in [-0.2, 0) is 0 Å². The molecule has 4 atom stereocenters. The van der Waals surface area contributed by atoms with Gasteiger partial charge in [-0.25, -0.2) is 0 Å². The van der Waals surface area contributed by atoms with Crippen molar-refractivity contribution in [2.75, 3.05) is 0 Å². The number of fused-ring (bicyclic) bond motifs is 1. The lowest BCUT2D eigenvalue weighted by atomic mass is 9.61. The molecule has 0 radical (unpaired) electrons. The summed E-state index contributed by atoms with van der Waals surface area (Å²) < 4.78 is 0. The molecule has 148 valence electrons. The summed E-state index contributed by atoms with van der Waals surface area (Å²) in [4.78, 5) is 0. The molecule has 0 amide bonds. The minimum atomic E-state index is 0.523. The Labute approximate surface area is 167 Å². The molecule has 0 aromatic carbocycles. The molecule has 4 fully saturated rings. The number of allylic oxidation sites excluding steroid dienone is 7. The molecule has 0 N–H and O–H groups in total. The van der Waals surface area contributed by atoms with Crippen molar-refractivity contribution in [3.05, 3.63) is 47.6 Å². The molecule has 0 nitrogen and oxygen atoms in total. The zero-order chi connectivity index (χ0) is 18.9. The van der Waals surface area contributed by atoms with Gasteiger partial charge in [0.05, 0.1) is 0 Å². The van der Waals surface area contributed by atoms with Crippen LogP contribution in [0.25, 0.3) is 0 Å². The zero-order valence-electron chi connectivity index (χ0n) is 17.8. The summed E-state index contributed by atoms with van der Waals surface area (Å²) in [6, 6.07) is 0. The number of hydrogen-bond acceptors (Lipinski definition) is 0. The Kier molecular flexibility index (Phi) is 5.81. The summed E-state index contributed by atoms with van der Waals surface area (Å²) in [5.74, 6) is 3.46. The Morgan fingerprint density at radius 1 is 1.04 bits per heavy atom. The van der Waals surface area contributed by atoms with E-state index < -0.39 is 0 Å². The highest BCUT2D eigenvalue weighted by Crippen LogP contribution is 2.59. The molecule has 0 heterocycles. The first kappa shape index (κ1) is 19.3. The van der Waals surface area contributed by atoms with Crippen molar-refractivity contribution in [3.63, 3.8) is 0 Å². The summed E-state index contributed by atoms with van der Waals surface area (Å²) in [6.07, 6.45) is 26.5. The molecule has 0 aromatic heterocycles. The van der Waals surface area contributed by atoms with Gasteiger partial charge in [0.1, 0.15) is 0 Å². The fourth-order valence-corrected chi connectivity index (χ4v) is 6.52. The standard InChI is InChI=1S/C27H40/c1-20-8-4-5-11-23(20)15-16-24-12-7-19-27(3)25(17-18-26(24)27)21(2)9-6-10-22-13-14-22/h6,9,15-16,21-22,25-26H,1,4-5,7-8,10-14,17-19H2,2-3H3/b9-6+,23-15-,24-16+/t21-,25?,26?,27?/m1/s1. The minimum absolute atomic E-state index is 0.523. The van der Waals surface area contributed by atoms with Gasteiger partial charge in [-0.05, 0) is 112 Å². The zero-order valence-corrected chi connectivity index (χ0v) is 17.8. The topological polar surface area (TPSA) is 0 Å². The van der Waals surface area contributed by atoms with Gasteiger partial charge in [-0.3, -0.25) is 0 Å². The van der Waals surface area contributed by atoms with E-state index in [1.54, 1.807) is 5.57 Å². The SMILES string of the molecule is C=C1CCCC/C1=C/C=C1\CCCC2(C)C1CCC2[C@H](C)/C=C/CC1CC1. The first-order valence-corrected chi connectivity index (χ1v) is 11.8. The molecule has 4 aliphatic carbocycles. The van der Waals surface area contributed by atoms with Crippen molar-refractivity contribution in [1.29, 1.82) is 0 Å². The Morgan fingerprint density at radius 3 is 2.63 bits per heavy atom. The molecule has 0 bridgehead atoms. The molecule has 0 aromatic rings. The van der Waals surface area contributed by atoms with E-state index in [0.717, 1.165) is 23.7 Å². The van der Waals surface area contributed by atoms with Gasteiger partial charge in [-0.15, -0.1) is 0 Å². The van der Waals surface area contributed by atoms with Crippen LogP contribution >= 0.6 is 0 Å². The molecule has 0 saturated heterocycles. The Hall–Kier alpha value is -1.04. The van der Waals surface area contributed by atoms with Gasteiger partial charge in [0.2, 0.25) is 0 Å². The molecule has 0 aliphatic heterocycles. The van der Waals surface area contributed by atoms with Crippen molar-refractivity contribution in [1.82, 2.24) is 0 Å². The highest BCUT2D eigenvalue weighted by atomic mass is 14.5. The van der Waals surface area contributed by atoms with E-state index in [1.807, 2.05) is 0 Å². The minimum Gasteiger partial charge on any atom is -0.0956 e. The molecule has 4 aliphatic rings. The van der Waals surface area contributed by atoms with E-state index in [-0.39, 0.29) is 0 Å². The Bertz CT molecular complexity index is 641. The predicted molar refractivity (Wildman–Crippen MR) is 118 cm³/mol. The van der Waals surface area contributed by atoms with Crippen LogP contribution < -0.4 is 0 Å². The second-order valence-electron chi connectivity index (χ2n) is 10.3. The molecule has 0 spiro atoms. The summed E-state index contributed by atoms with van der Waals surface area (Å²) >= 11 is 0. The van der Waals surface area contributed by atoms with Crippen molar-refractivity contribution in [2.45, 2.75) is 90.9 Å². The summed E-state index contributed by atoms with van der Waals surface area (Å²) in [7, 11) is 0. The summed E-state index contributed by atoms with van der Waals surface area (Å²) in [5, 5.41) is 0. The van der Waals surface area contributed by atoms with E-state index in [9.17, 15) is 0 Å². The third kappa shape index (κ3) is 4.20. The second kappa shape index (κ2) is 8.14. The molecule has 27 heavy (non-hydrogen) atoms. The lowest BCUT2D eigenvalue weighted by Crippen LogP contribution is -2.35. The largest absolute Gasteiger partial charge is 0.0956 e. The third-order valence-corrected chi connectivity index (χ3v) is 8.41.